The molecule has 0 spiro atoms. The third-order valence-electron chi connectivity index (χ3n) is 3.01. The minimum Gasteiger partial charge on any atom is -0.351 e. The van der Waals surface area contributed by atoms with Crippen molar-refractivity contribution in [2.75, 3.05) is 6.54 Å². The summed E-state index contributed by atoms with van der Waals surface area (Å²) in [5.41, 5.74) is 5.54. The summed E-state index contributed by atoms with van der Waals surface area (Å²) in [6.45, 7) is 3.49. The average Bonchev–Trinajstić information content (AvgIpc) is 2.77. The Morgan fingerprint density at radius 1 is 1.56 bits per heavy atom. The molecular formula is C13H21BrN2OS. The molecule has 0 radical (unpaired) electrons. The Morgan fingerprint density at radius 3 is 2.89 bits per heavy atom. The fourth-order valence-corrected chi connectivity index (χ4v) is 3.23. The Balaban J connectivity index is 2.21. The Hall–Kier alpha value is -0.390. The molecule has 0 aliphatic rings. The van der Waals surface area contributed by atoms with Crippen LogP contribution in [0.25, 0.3) is 0 Å². The predicted molar refractivity (Wildman–Crippen MR) is 80.6 cm³/mol. The molecule has 1 aromatic rings. The smallest absolute Gasteiger partial charge is 0.220 e. The molecule has 1 amide bonds. The van der Waals surface area contributed by atoms with Gasteiger partial charge in [0, 0.05) is 21.2 Å². The van der Waals surface area contributed by atoms with Crippen molar-refractivity contribution in [1.29, 1.82) is 0 Å². The number of thiophene rings is 1. The minimum absolute atomic E-state index is 0.134. The molecule has 0 aromatic carbocycles. The Bertz CT molecular complexity index is 368. The van der Waals surface area contributed by atoms with Crippen molar-refractivity contribution in [1.82, 2.24) is 5.32 Å². The van der Waals surface area contributed by atoms with E-state index in [1.54, 1.807) is 11.3 Å². The van der Waals surface area contributed by atoms with Crippen LogP contribution in [0.4, 0.5) is 0 Å². The maximum Gasteiger partial charge on any atom is 0.220 e. The fraction of sp³-hybridized carbons (Fsp3) is 0.615. The van der Waals surface area contributed by atoms with E-state index in [1.165, 1.54) is 4.88 Å². The number of hydrogen-bond acceptors (Lipinski definition) is 3. The monoisotopic (exact) mass is 332 g/mol. The number of rotatable bonds is 8. The van der Waals surface area contributed by atoms with E-state index in [1.807, 2.05) is 11.4 Å². The molecule has 3 N–H and O–H groups in total. The van der Waals surface area contributed by atoms with Crippen LogP contribution in [-0.2, 0) is 11.3 Å². The molecule has 0 saturated carbocycles. The number of nitrogens with two attached hydrogens (primary N) is 1. The van der Waals surface area contributed by atoms with Gasteiger partial charge in [-0.05, 0) is 47.3 Å². The highest BCUT2D eigenvalue weighted by Crippen LogP contribution is 2.19. The molecule has 0 aliphatic heterocycles. The van der Waals surface area contributed by atoms with Crippen LogP contribution in [0.5, 0.6) is 0 Å². The van der Waals surface area contributed by atoms with Gasteiger partial charge in [0.25, 0.3) is 0 Å². The van der Waals surface area contributed by atoms with Crippen molar-refractivity contribution in [3.05, 3.63) is 20.8 Å². The first-order chi connectivity index (χ1) is 8.65. The molecule has 1 atom stereocenters. The highest BCUT2D eigenvalue weighted by Gasteiger charge is 2.09. The SMILES string of the molecule is CCC(CCN)CCC(=O)NCc1cc(Br)cs1. The highest BCUT2D eigenvalue weighted by molar-refractivity contribution is 9.10. The number of carbonyl (C=O) groups excluding carboxylic acids is 1. The lowest BCUT2D eigenvalue weighted by Gasteiger charge is -2.12. The van der Waals surface area contributed by atoms with Crippen molar-refractivity contribution in [3.63, 3.8) is 0 Å². The lowest BCUT2D eigenvalue weighted by atomic mass is 9.96. The van der Waals surface area contributed by atoms with E-state index in [-0.39, 0.29) is 5.91 Å². The van der Waals surface area contributed by atoms with Gasteiger partial charge in [0.2, 0.25) is 5.91 Å². The molecule has 1 rings (SSSR count). The van der Waals surface area contributed by atoms with Crippen LogP contribution in [0.3, 0.4) is 0 Å². The quantitative estimate of drug-likeness (QED) is 0.767. The Kier molecular flexibility index (Phi) is 7.54. The Morgan fingerprint density at radius 2 is 2.33 bits per heavy atom. The normalized spacial score (nSPS) is 12.4. The van der Waals surface area contributed by atoms with Gasteiger partial charge in [0.15, 0.2) is 0 Å². The summed E-state index contributed by atoms with van der Waals surface area (Å²) in [5, 5.41) is 4.98. The maximum atomic E-state index is 11.7. The van der Waals surface area contributed by atoms with Crippen LogP contribution >= 0.6 is 27.3 Å². The first-order valence-corrected chi connectivity index (χ1v) is 8.02. The Labute approximate surface area is 121 Å². The number of halogens is 1. The molecule has 5 heteroatoms. The fourth-order valence-electron chi connectivity index (χ4n) is 1.84. The topological polar surface area (TPSA) is 55.1 Å². The minimum atomic E-state index is 0.134. The van der Waals surface area contributed by atoms with E-state index in [4.69, 9.17) is 5.73 Å². The van der Waals surface area contributed by atoms with Gasteiger partial charge in [-0.2, -0.15) is 0 Å². The molecule has 1 unspecified atom stereocenters. The second-order valence-corrected chi connectivity index (χ2v) is 6.31. The average molecular weight is 333 g/mol. The summed E-state index contributed by atoms with van der Waals surface area (Å²) < 4.78 is 1.07. The van der Waals surface area contributed by atoms with Crippen molar-refractivity contribution < 1.29 is 4.79 Å². The van der Waals surface area contributed by atoms with Crippen molar-refractivity contribution in [3.8, 4) is 0 Å². The highest BCUT2D eigenvalue weighted by atomic mass is 79.9. The summed E-state index contributed by atoms with van der Waals surface area (Å²) in [4.78, 5) is 12.9. The van der Waals surface area contributed by atoms with E-state index in [2.05, 4.69) is 28.2 Å². The van der Waals surface area contributed by atoms with Crippen LogP contribution in [-0.4, -0.2) is 12.5 Å². The summed E-state index contributed by atoms with van der Waals surface area (Å²) in [6.07, 6.45) is 3.66. The lowest BCUT2D eigenvalue weighted by Crippen LogP contribution is -2.23. The lowest BCUT2D eigenvalue weighted by molar-refractivity contribution is -0.121. The van der Waals surface area contributed by atoms with E-state index in [0.717, 1.165) is 23.7 Å². The molecular weight excluding hydrogens is 312 g/mol. The zero-order valence-electron chi connectivity index (χ0n) is 10.7. The number of hydrogen-bond donors (Lipinski definition) is 2. The number of nitrogens with one attached hydrogen (secondary N) is 1. The summed E-state index contributed by atoms with van der Waals surface area (Å²) in [5.74, 6) is 0.714. The molecule has 0 fully saturated rings. The van der Waals surface area contributed by atoms with Gasteiger partial charge in [-0.25, -0.2) is 0 Å². The van der Waals surface area contributed by atoms with Gasteiger partial charge in [-0.1, -0.05) is 13.3 Å². The third-order valence-corrected chi connectivity index (χ3v) is 4.71. The molecule has 0 saturated heterocycles. The maximum absolute atomic E-state index is 11.7. The van der Waals surface area contributed by atoms with Crippen LogP contribution in [0.2, 0.25) is 0 Å². The van der Waals surface area contributed by atoms with Gasteiger partial charge in [0.1, 0.15) is 0 Å². The zero-order chi connectivity index (χ0) is 13.4. The second-order valence-electron chi connectivity index (χ2n) is 4.40. The first-order valence-electron chi connectivity index (χ1n) is 6.35. The molecule has 0 bridgehead atoms. The van der Waals surface area contributed by atoms with Crippen LogP contribution in [0.1, 0.15) is 37.5 Å². The number of amides is 1. The van der Waals surface area contributed by atoms with Crippen LogP contribution < -0.4 is 11.1 Å². The number of carbonyl (C=O) groups is 1. The van der Waals surface area contributed by atoms with Gasteiger partial charge >= 0.3 is 0 Å². The molecule has 1 heterocycles. The van der Waals surface area contributed by atoms with E-state index < -0.39 is 0 Å². The molecule has 3 nitrogen and oxygen atoms in total. The van der Waals surface area contributed by atoms with Crippen molar-refractivity contribution >= 4 is 33.2 Å². The third kappa shape index (κ3) is 5.98. The van der Waals surface area contributed by atoms with E-state index in [0.29, 0.717) is 25.4 Å². The van der Waals surface area contributed by atoms with E-state index in [9.17, 15) is 4.79 Å². The van der Waals surface area contributed by atoms with Gasteiger partial charge < -0.3 is 11.1 Å². The predicted octanol–water partition coefficient (Wildman–Crippen LogP) is 3.28. The zero-order valence-corrected chi connectivity index (χ0v) is 13.1. The van der Waals surface area contributed by atoms with E-state index >= 15 is 0 Å². The summed E-state index contributed by atoms with van der Waals surface area (Å²) in [7, 11) is 0. The molecule has 1 aromatic heterocycles. The van der Waals surface area contributed by atoms with Crippen molar-refractivity contribution in [2.24, 2.45) is 11.7 Å². The summed E-state index contributed by atoms with van der Waals surface area (Å²) in [6, 6.07) is 2.04. The second kappa shape index (κ2) is 8.67. The molecule has 0 aliphatic carbocycles. The first kappa shape index (κ1) is 15.7. The standard InChI is InChI=1S/C13H21BrN2OS/c1-2-10(5-6-15)3-4-13(17)16-8-12-7-11(14)9-18-12/h7,9-10H,2-6,8,15H2,1H3,(H,16,17). The summed E-state index contributed by atoms with van der Waals surface area (Å²) >= 11 is 5.05. The van der Waals surface area contributed by atoms with Gasteiger partial charge in [-0.3, -0.25) is 4.79 Å². The van der Waals surface area contributed by atoms with Gasteiger partial charge in [0.05, 0.1) is 6.54 Å². The molecule has 18 heavy (non-hydrogen) atoms. The van der Waals surface area contributed by atoms with Crippen molar-refractivity contribution in [2.45, 2.75) is 39.2 Å². The van der Waals surface area contributed by atoms with Crippen LogP contribution in [0.15, 0.2) is 15.9 Å². The largest absolute Gasteiger partial charge is 0.351 e. The van der Waals surface area contributed by atoms with Crippen LogP contribution in [0, 0.1) is 5.92 Å². The molecule has 102 valence electrons. The van der Waals surface area contributed by atoms with Gasteiger partial charge in [-0.15, -0.1) is 11.3 Å².